The summed E-state index contributed by atoms with van der Waals surface area (Å²) >= 11 is 0. The minimum absolute atomic E-state index is 0.294. The third-order valence-electron chi connectivity index (χ3n) is 4.76. The van der Waals surface area contributed by atoms with Gasteiger partial charge in [-0.15, -0.1) is 0 Å². The van der Waals surface area contributed by atoms with Crippen LogP contribution in [-0.4, -0.2) is 30.3 Å². The Morgan fingerprint density at radius 1 is 1.17 bits per heavy atom. The maximum absolute atomic E-state index is 12.1. The minimum atomic E-state index is 0.294. The van der Waals surface area contributed by atoms with Crippen molar-refractivity contribution in [3.05, 3.63) is 0 Å². The summed E-state index contributed by atoms with van der Waals surface area (Å²) in [6.07, 6.45) is 5.58. The van der Waals surface area contributed by atoms with E-state index in [1.54, 1.807) is 0 Å². The minimum Gasteiger partial charge on any atom is -0.302 e. The molecule has 2 nitrogen and oxygen atoms in total. The number of ketones is 1. The third kappa shape index (κ3) is 3.57. The van der Waals surface area contributed by atoms with Gasteiger partial charge in [0.05, 0.1) is 0 Å². The quantitative estimate of drug-likeness (QED) is 0.748. The first-order valence-electron chi connectivity index (χ1n) is 7.53. The molecule has 1 saturated heterocycles. The molecule has 1 heterocycles. The highest BCUT2D eigenvalue weighted by molar-refractivity contribution is 5.82. The first kappa shape index (κ1) is 14.0. The van der Waals surface area contributed by atoms with Gasteiger partial charge in [-0.2, -0.15) is 0 Å². The highest BCUT2D eigenvalue weighted by atomic mass is 16.1. The van der Waals surface area contributed by atoms with Crippen molar-refractivity contribution in [2.45, 2.75) is 59.8 Å². The van der Waals surface area contributed by atoms with Gasteiger partial charge in [0.1, 0.15) is 5.78 Å². The molecule has 18 heavy (non-hydrogen) atoms. The number of Topliss-reactive ketones (excluding diaryl/α,β-unsaturated/α-hetero) is 1. The maximum Gasteiger partial charge on any atom is 0.137 e. The molecule has 0 bridgehead atoms. The SMILES string of the molecule is CC1(C)CCC(=O)C(CN2CCCC(C)(C)C2)C1. The lowest BCUT2D eigenvalue weighted by Gasteiger charge is -2.42. The van der Waals surface area contributed by atoms with Crippen LogP contribution in [0.1, 0.15) is 59.8 Å². The molecule has 0 aromatic heterocycles. The Morgan fingerprint density at radius 2 is 1.89 bits per heavy atom. The summed E-state index contributed by atoms with van der Waals surface area (Å²) in [7, 11) is 0. The Balaban J connectivity index is 1.93. The van der Waals surface area contributed by atoms with Gasteiger partial charge >= 0.3 is 0 Å². The zero-order valence-corrected chi connectivity index (χ0v) is 12.6. The molecule has 1 aliphatic heterocycles. The second kappa shape index (κ2) is 4.96. The molecular formula is C16H29NO. The number of likely N-dealkylation sites (tertiary alicyclic amines) is 1. The summed E-state index contributed by atoms with van der Waals surface area (Å²) < 4.78 is 0. The van der Waals surface area contributed by atoms with E-state index in [1.807, 2.05) is 0 Å². The lowest BCUT2D eigenvalue weighted by Crippen LogP contribution is -2.45. The van der Waals surface area contributed by atoms with Crippen LogP contribution in [0.3, 0.4) is 0 Å². The van der Waals surface area contributed by atoms with E-state index in [0.29, 0.717) is 22.5 Å². The fourth-order valence-corrected chi connectivity index (χ4v) is 3.73. The second-order valence-corrected chi connectivity index (χ2v) is 8.03. The number of hydrogen-bond acceptors (Lipinski definition) is 2. The summed E-state index contributed by atoms with van der Waals surface area (Å²) in [4.78, 5) is 14.6. The predicted octanol–water partition coefficient (Wildman–Crippen LogP) is 3.50. The number of rotatable bonds is 2. The molecule has 1 atom stereocenters. The van der Waals surface area contributed by atoms with E-state index < -0.39 is 0 Å². The fraction of sp³-hybridized carbons (Fsp3) is 0.938. The Bertz CT molecular complexity index is 319. The first-order chi connectivity index (χ1) is 8.27. The van der Waals surface area contributed by atoms with Crippen molar-refractivity contribution in [1.82, 2.24) is 4.90 Å². The number of hydrogen-bond donors (Lipinski definition) is 0. The van der Waals surface area contributed by atoms with Crippen molar-refractivity contribution >= 4 is 5.78 Å². The average molecular weight is 251 g/mol. The monoisotopic (exact) mass is 251 g/mol. The van der Waals surface area contributed by atoms with E-state index in [-0.39, 0.29) is 0 Å². The van der Waals surface area contributed by atoms with E-state index in [9.17, 15) is 4.79 Å². The van der Waals surface area contributed by atoms with Crippen molar-refractivity contribution in [1.29, 1.82) is 0 Å². The van der Waals surface area contributed by atoms with E-state index in [1.165, 1.54) is 19.4 Å². The second-order valence-electron chi connectivity index (χ2n) is 8.03. The standard InChI is InChI=1S/C16H29NO/c1-15(2)8-6-14(18)13(10-15)11-17-9-5-7-16(3,4)12-17/h13H,5-12H2,1-4H3. The van der Waals surface area contributed by atoms with Crippen molar-refractivity contribution in [2.75, 3.05) is 19.6 Å². The van der Waals surface area contributed by atoms with Crippen LogP contribution >= 0.6 is 0 Å². The molecule has 0 aromatic rings. The molecule has 0 radical (unpaired) electrons. The van der Waals surface area contributed by atoms with Crippen LogP contribution in [0.5, 0.6) is 0 Å². The normalized spacial score (nSPS) is 32.4. The lowest BCUT2D eigenvalue weighted by molar-refractivity contribution is -0.128. The molecule has 0 N–H and O–H groups in total. The molecule has 0 amide bonds. The van der Waals surface area contributed by atoms with Crippen molar-refractivity contribution < 1.29 is 4.79 Å². The molecule has 0 aromatic carbocycles. The van der Waals surface area contributed by atoms with Gasteiger partial charge in [0.15, 0.2) is 0 Å². The van der Waals surface area contributed by atoms with Crippen LogP contribution in [0.15, 0.2) is 0 Å². The molecular weight excluding hydrogens is 222 g/mol. The van der Waals surface area contributed by atoms with Crippen LogP contribution in [0.2, 0.25) is 0 Å². The van der Waals surface area contributed by atoms with Gasteiger partial charge in [-0.05, 0) is 43.1 Å². The van der Waals surface area contributed by atoms with Crippen molar-refractivity contribution in [2.24, 2.45) is 16.7 Å². The third-order valence-corrected chi connectivity index (χ3v) is 4.76. The topological polar surface area (TPSA) is 20.3 Å². The molecule has 0 spiro atoms. The van der Waals surface area contributed by atoms with Gasteiger partial charge in [0.25, 0.3) is 0 Å². The predicted molar refractivity (Wildman–Crippen MR) is 75.6 cm³/mol. The highest BCUT2D eigenvalue weighted by Gasteiger charge is 2.36. The van der Waals surface area contributed by atoms with Gasteiger partial charge in [-0.1, -0.05) is 27.7 Å². The Morgan fingerprint density at radius 3 is 2.56 bits per heavy atom. The van der Waals surface area contributed by atoms with Crippen molar-refractivity contribution in [3.63, 3.8) is 0 Å². The summed E-state index contributed by atoms with van der Waals surface area (Å²) in [6, 6.07) is 0. The molecule has 1 unspecified atom stereocenters. The van der Waals surface area contributed by atoms with Crippen LogP contribution in [0.25, 0.3) is 0 Å². The molecule has 2 heteroatoms. The number of nitrogens with zero attached hydrogens (tertiary/aromatic N) is 1. The van der Waals surface area contributed by atoms with Gasteiger partial charge in [-0.3, -0.25) is 4.79 Å². The average Bonchev–Trinajstić information content (AvgIpc) is 2.22. The van der Waals surface area contributed by atoms with Gasteiger partial charge in [-0.25, -0.2) is 0 Å². The summed E-state index contributed by atoms with van der Waals surface area (Å²) in [5, 5.41) is 0. The summed E-state index contributed by atoms with van der Waals surface area (Å²) in [6.45, 7) is 12.7. The van der Waals surface area contributed by atoms with Gasteiger partial charge in [0.2, 0.25) is 0 Å². The number of carbonyl (C=O) groups excluding carboxylic acids is 1. The van der Waals surface area contributed by atoms with E-state index in [2.05, 4.69) is 32.6 Å². The number of carbonyl (C=O) groups is 1. The highest BCUT2D eigenvalue weighted by Crippen LogP contribution is 2.38. The zero-order valence-electron chi connectivity index (χ0n) is 12.6. The molecule has 2 fully saturated rings. The molecule has 104 valence electrons. The Labute approximate surface area is 112 Å². The largest absolute Gasteiger partial charge is 0.302 e. The van der Waals surface area contributed by atoms with Gasteiger partial charge in [0, 0.05) is 25.4 Å². The Kier molecular flexibility index (Phi) is 3.87. The molecule has 1 aliphatic carbocycles. The zero-order chi connectivity index (χ0) is 13.4. The molecule has 2 aliphatic rings. The summed E-state index contributed by atoms with van der Waals surface area (Å²) in [5.41, 5.74) is 0.801. The van der Waals surface area contributed by atoms with Crippen LogP contribution < -0.4 is 0 Å². The van der Waals surface area contributed by atoms with Crippen LogP contribution in [0, 0.1) is 16.7 Å². The Hall–Kier alpha value is -0.370. The van der Waals surface area contributed by atoms with E-state index >= 15 is 0 Å². The van der Waals surface area contributed by atoms with Gasteiger partial charge < -0.3 is 4.90 Å². The number of piperidine rings is 1. The summed E-state index contributed by atoms with van der Waals surface area (Å²) in [5.74, 6) is 0.806. The van der Waals surface area contributed by atoms with Crippen molar-refractivity contribution in [3.8, 4) is 0 Å². The maximum atomic E-state index is 12.1. The smallest absolute Gasteiger partial charge is 0.137 e. The molecule has 2 rings (SSSR count). The van der Waals surface area contributed by atoms with E-state index in [0.717, 1.165) is 32.4 Å². The van der Waals surface area contributed by atoms with Crippen LogP contribution in [0.4, 0.5) is 0 Å². The van der Waals surface area contributed by atoms with E-state index in [4.69, 9.17) is 0 Å². The van der Waals surface area contributed by atoms with Crippen LogP contribution in [-0.2, 0) is 4.79 Å². The fourth-order valence-electron chi connectivity index (χ4n) is 3.73. The molecule has 1 saturated carbocycles. The first-order valence-corrected chi connectivity index (χ1v) is 7.53. The lowest BCUT2D eigenvalue weighted by atomic mass is 9.71.